The number of carbonyl (C=O) groups excluding carboxylic acids is 2. The van der Waals surface area contributed by atoms with Crippen LogP contribution in [-0.2, 0) is 16.0 Å². The number of hydrogen-bond donors (Lipinski definition) is 1. The largest absolute Gasteiger partial charge is 0.497 e. The van der Waals surface area contributed by atoms with Crippen LogP contribution in [0.15, 0.2) is 48.7 Å². The van der Waals surface area contributed by atoms with E-state index in [0.29, 0.717) is 13.1 Å². The number of aromatic nitrogens is 1. The smallest absolute Gasteiger partial charge is 0.244 e. The highest BCUT2D eigenvalue weighted by molar-refractivity contribution is 5.88. The fraction of sp³-hybridized carbons (Fsp3) is 0.381. The van der Waals surface area contributed by atoms with E-state index >= 15 is 0 Å². The molecule has 1 aromatic heterocycles. The second-order valence-electron chi connectivity index (χ2n) is 6.81. The first-order valence-electron chi connectivity index (χ1n) is 9.44. The quantitative estimate of drug-likeness (QED) is 0.819. The van der Waals surface area contributed by atoms with Gasteiger partial charge in [-0.15, -0.1) is 0 Å². The lowest BCUT2D eigenvalue weighted by molar-refractivity contribution is -0.136. The van der Waals surface area contributed by atoms with Crippen molar-refractivity contribution in [3.05, 3.63) is 54.2 Å². The van der Waals surface area contributed by atoms with Gasteiger partial charge in [0.1, 0.15) is 17.6 Å². The highest BCUT2D eigenvalue weighted by Gasteiger charge is 2.26. The molecule has 1 unspecified atom stereocenters. The van der Waals surface area contributed by atoms with Gasteiger partial charge in [-0.3, -0.25) is 9.59 Å². The molecule has 7 nitrogen and oxygen atoms in total. The maximum Gasteiger partial charge on any atom is 0.244 e. The number of nitrogens with one attached hydrogen (secondary N) is 1. The SMILES string of the molecule is COc1ccc(CC(=O)NC(C)C(=O)N2CCN(c3ccccn3)CC2)cc1. The third kappa shape index (κ3) is 5.00. The molecule has 1 fully saturated rings. The molecule has 148 valence electrons. The van der Waals surface area contributed by atoms with Crippen LogP contribution in [0.1, 0.15) is 12.5 Å². The Kier molecular flexibility index (Phi) is 6.47. The van der Waals surface area contributed by atoms with Gasteiger partial charge in [-0.2, -0.15) is 0 Å². The van der Waals surface area contributed by atoms with Gasteiger partial charge < -0.3 is 19.9 Å². The van der Waals surface area contributed by atoms with Crippen molar-refractivity contribution in [2.24, 2.45) is 0 Å². The number of nitrogens with zero attached hydrogens (tertiary/aromatic N) is 3. The molecule has 1 saturated heterocycles. The van der Waals surface area contributed by atoms with Gasteiger partial charge in [-0.25, -0.2) is 4.98 Å². The summed E-state index contributed by atoms with van der Waals surface area (Å²) in [5.41, 5.74) is 0.877. The second kappa shape index (κ2) is 9.21. The first kappa shape index (κ1) is 19.7. The van der Waals surface area contributed by atoms with Crippen LogP contribution in [0.25, 0.3) is 0 Å². The van der Waals surface area contributed by atoms with Crippen molar-refractivity contribution in [2.75, 3.05) is 38.2 Å². The summed E-state index contributed by atoms with van der Waals surface area (Å²) in [6.07, 6.45) is 2.00. The number of ether oxygens (including phenoxy) is 1. The third-order valence-corrected chi connectivity index (χ3v) is 4.84. The summed E-state index contributed by atoms with van der Waals surface area (Å²) in [5, 5.41) is 2.81. The maximum absolute atomic E-state index is 12.7. The maximum atomic E-state index is 12.7. The fourth-order valence-electron chi connectivity index (χ4n) is 3.25. The van der Waals surface area contributed by atoms with Crippen molar-refractivity contribution in [1.29, 1.82) is 0 Å². The van der Waals surface area contributed by atoms with Crippen LogP contribution < -0.4 is 15.0 Å². The Balaban J connectivity index is 1.47. The summed E-state index contributed by atoms with van der Waals surface area (Å²) in [5.74, 6) is 1.45. The molecule has 2 heterocycles. The van der Waals surface area contributed by atoms with Crippen molar-refractivity contribution in [1.82, 2.24) is 15.2 Å². The van der Waals surface area contributed by atoms with Crippen LogP contribution in [0.4, 0.5) is 5.82 Å². The topological polar surface area (TPSA) is 74.8 Å². The van der Waals surface area contributed by atoms with Crippen molar-refractivity contribution in [2.45, 2.75) is 19.4 Å². The van der Waals surface area contributed by atoms with Gasteiger partial charge in [0.05, 0.1) is 13.5 Å². The van der Waals surface area contributed by atoms with Crippen LogP contribution in [-0.4, -0.2) is 61.0 Å². The Morgan fingerprint density at radius 3 is 2.43 bits per heavy atom. The molecule has 0 bridgehead atoms. The van der Waals surface area contributed by atoms with Crippen LogP contribution in [0, 0.1) is 0 Å². The minimum atomic E-state index is -0.549. The van der Waals surface area contributed by atoms with E-state index in [0.717, 1.165) is 30.2 Å². The lowest BCUT2D eigenvalue weighted by atomic mass is 10.1. The van der Waals surface area contributed by atoms with Crippen molar-refractivity contribution in [3.63, 3.8) is 0 Å². The Hall–Kier alpha value is -3.09. The number of amides is 2. The molecule has 2 aromatic rings. The number of pyridine rings is 1. The molecule has 7 heteroatoms. The van der Waals surface area contributed by atoms with E-state index in [-0.39, 0.29) is 18.2 Å². The van der Waals surface area contributed by atoms with E-state index in [4.69, 9.17) is 4.74 Å². The normalized spacial score (nSPS) is 15.1. The average molecular weight is 382 g/mol. The van der Waals surface area contributed by atoms with Gasteiger partial charge >= 0.3 is 0 Å². The number of anilines is 1. The summed E-state index contributed by atoms with van der Waals surface area (Å²) < 4.78 is 5.12. The average Bonchev–Trinajstić information content (AvgIpc) is 2.74. The molecule has 0 aliphatic carbocycles. The van der Waals surface area contributed by atoms with E-state index in [9.17, 15) is 9.59 Å². The van der Waals surface area contributed by atoms with Gasteiger partial charge in [-0.1, -0.05) is 18.2 Å². The van der Waals surface area contributed by atoms with Crippen molar-refractivity contribution in [3.8, 4) is 5.75 Å². The summed E-state index contributed by atoms with van der Waals surface area (Å²) >= 11 is 0. The standard InChI is InChI=1S/C21H26N4O3/c1-16(23-20(26)15-17-6-8-18(28-2)9-7-17)21(27)25-13-11-24(12-14-25)19-5-3-4-10-22-19/h3-10,16H,11-15H2,1-2H3,(H,23,26). The van der Waals surface area contributed by atoms with Crippen LogP contribution in [0.5, 0.6) is 5.75 Å². The van der Waals surface area contributed by atoms with E-state index < -0.39 is 6.04 Å². The molecule has 28 heavy (non-hydrogen) atoms. The molecule has 0 radical (unpaired) electrons. The predicted molar refractivity (Wildman–Crippen MR) is 107 cm³/mol. The van der Waals surface area contributed by atoms with E-state index in [1.807, 2.05) is 42.5 Å². The first-order valence-corrected chi connectivity index (χ1v) is 9.44. The molecule has 1 aliphatic heterocycles. The molecule has 1 N–H and O–H groups in total. The minimum absolute atomic E-state index is 0.0521. The third-order valence-electron chi connectivity index (χ3n) is 4.84. The van der Waals surface area contributed by atoms with E-state index in [2.05, 4.69) is 15.2 Å². The zero-order valence-corrected chi connectivity index (χ0v) is 16.3. The number of piperazine rings is 1. The Bertz CT molecular complexity index is 787. The summed E-state index contributed by atoms with van der Waals surface area (Å²) in [6, 6.07) is 12.6. The van der Waals surface area contributed by atoms with Gasteiger partial charge in [0.25, 0.3) is 0 Å². The molecule has 1 aliphatic rings. The molecule has 0 saturated carbocycles. The van der Waals surface area contributed by atoms with Crippen LogP contribution in [0.2, 0.25) is 0 Å². The fourth-order valence-corrected chi connectivity index (χ4v) is 3.25. The minimum Gasteiger partial charge on any atom is -0.497 e. The Morgan fingerprint density at radius 2 is 1.82 bits per heavy atom. The second-order valence-corrected chi connectivity index (χ2v) is 6.81. The highest BCUT2D eigenvalue weighted by atomic mass is 16.5. The van der Waals surface area contributed by atoms with Crippen LogP contribution >= 0.6 is 0 Å². The van der Waals surface area contributed by atoms with Crippen LogP contribution in [0.3, 0.4) is 0 Å². The van der Waals surface area contributed by atoms with E-state index in [1.165, 1.54) is 0 Å². The lowest BCUT2D eigenvalue weighted by Gasteiger charge is -2.36. The Morgan fingerprint density at radius 1 is 1.11 bits per heavy atom. The number of carbonyl (C=O) groups is 2. The molecule has 1 aromatic carbocycles. The number of methoxy groups -OCH3 is 1. The molecule has 0 spiro atoms. The van der Waals surface area contributed by atoms with E-state index in [1.54, 1.807) is 25.1 Å². The lowest BCUT2D eigenvalue weighted by Crippen LogP contribution is -2.54. The van der Waals surface area contributed by atoms with Gasteiger partial charge in [-0.05, 0) is 36.8 Å². The summed E-state index contributed by atoms with van der Waals surface area (Å²) in [4.78, 5) is 33.3. The first-order chi connectivity index (χ1) is 13.6. The van der Waals surface area contributed by atoms with Crippen molar-refractivity contribution < 1.29 is 14.3 Å². The summed E-state index contributed by atoms with van der Waals surface area (Å²) in [6.45, 7) is 4.44. The molecular formula is C21H26N4O3. The number of rotatable bonds is 6. The number of hydrogen-bond acceptors (Lipinski definition) is 5. The van der Waals surface area contributed by atoms with Gasteiger partial charge in [0.2, 0.25) is 11.8 Å². The predicted octanol–water partition coefficient (Wildman–Crippen LogP) is 1.49. The molecule has 2 amide bonds. The van der Waals surface area contributed by atoms with Crippen molar-refractivity contribution >= 4 is 17.6 Å². The zero-order chi connectivity index (χ0) is 19.9. The molecule has 1 atom stereocenters. The zero-order valence-electron chi connectivity index (χ0n) is 16.3. The monoisotopic (exact) mass is 382 g/mol. The van der Waals surface area contributed by atoms with Gasteiger partial charge in [0, 0.05) is 32.4 Å². The molecule has 3 rings (SSSR count). The molecular weight excluding hydrogens is 356 g/mol. The Labute approximate surface area is 165 Å². The highest BCUT2D eigenvalue weighted by Crippen LogP contribution is 2.14. The summed E-state index contributed by atoms with van der Waals surface area (Å²) in [7, 11) is 1.60. The van der Waals surface area contributed by atoms with Gasteiger partial charge in [0.15, 0.2) is 0 Å². The number of benzene rings is 1.